The van der Waals surface area contributed by atoms with E-state index in [0.29, 0.717) is 5.69 Å². The molecule has 0 spiro atoms. The molecule has 1 amide bonds. The monoisotopic (exact) mass is 295 g/mol. The largest absolute Gasteiger partial charge is 0.433 e. The number of nitrogens with two attached hydrogens (primary N) is 1. The number of primary amides is 1. The summed E-state index contributed by atoms with van der Waals surface area (Å²) in [4.78, 5) is 16.3. The van der Waals surface area contributed by atoms with Crippen LogP contribution in [0.5, 0.6) is 0 Å². The molecule has 0 aliphatic heterocycles. The van der Waals surface area contributed by atoms with Crippen molar-refractivity contribution in [2.45, 2.75) is 6.18 Å². The van der Waals surface area contributed by atoms with E-state index in [1.165, 1.54) is 11.9 Å². The number of halogens is 3. The highest BCUT2D eigenvalue weighted by Gasteiger charge is 2.34. The maximum atomic E-state index is 12.8. The van der Waals surface area contributed by atoms with Gasteiger partial charge in [-0.15, -0.1) is 0 Å². The first-order chi connectivity index (χ1) is 9.80. The Kier molecular flexibility index (Phi) is 3.84. The first-order valence-corrected chi connectivity index (χ1v) is 5.97. The number of para-hydroxylation sites is 1. The number of hydrogen-bond donors (Lipinski definition) is 1. The van der Waals surface area contributed by atoms with Crippen LogP contribution in [0.3, 0.4) is 0 Å². The van der Waals surface area contributed by atoms with Crippen LogP contribution in [0.2, 0.25) is 0 Å². The average Bonchev–Trinajstić information content (AvgIpc) is 2.45. The molecule has 0 aliphatic rings. The lowest BCUT2D eigenvalue weighted by Gasteiger charge is -2.21. The van der Waals surface area contributed by atoms with Crippen LogP contribution >= 0.6 is 0 Å². The lowest BCUT2D eigenvalue weighted by atomic mass is 10.2. The number of hydrogen-bond acceptors (Lipinski definition) is 3. The fourth-order valence-corrected chi connectivity index (χ4v) is 1.83. The molecule has 0 atom stereocenters. The van der Waals surface area contributed by atoms with E-state index in [1.807, 2.05) is 0 Å². The first-order valence-electron chi connectivity index (χ1n) is 5.97. The summed E-state index contributed by atoms with van der Waals surface area (Å²) < 4.78 is 38.3. The summed E-state index contributed by atoms with van der Waals surface area (Å²) in [7, 11) is 1.52. The number of rotatable bonds is 3. The van der Waals surface area contributed by atoms with Crippen molar-refractivity contribution in [3.05, 3.63) is 53.7 Å². The van der Waals surface area contributed by atoms with Crippen LogP contribution in [-0.2, 0) is 6.18 Å². The Morgan fingerprint density at radius 3 is 2.29 bits per heavy atom. The minimum Gasteiger partial charge on any atom is -0.365 e. The normalized spacial score (nSPS) is 11.2. The predicted octanol–water partition coefficient (Wildman–Crippen LogP) is 2.97. The highest BCUT2D eigenvalue weighted by atomic mass is 19.4. The van der Waals surface area contributed by atoms with Gasteiger partial charge < -0.3 is 10.6 Å². The van der Waals surface area contributed by atoms with Crippen molar-refractivity contribution in [3.8, 4) is 0 Å². The van der Waals surface area contributed by atoms with Crippen LogP contribution in [0.4, 0.5) is 24.7 Å². The van der Waals surface area contributed by atoms with Crippen LogP contribution in [0, 0.1) is 0 Å². The Labute approximate surface area is 119 Å². The summed E-state index contributed by atoms with van der Waals surface area (Å²) in [5.74, 6) is -0.975. The van der Waals surface area contributed by atoms with Crippen LogP contribution in [-0.4, -0.2) is 17.9 Å². The molecule has 1 aromatic heterocycles. The van der Waals surface area contributed by atoms with Crippen molar-refractivity contribution in [1.29, 1.82) is 0 Å². The smallest absolute Gasteiger partial charge is 0.365 e. The van der Waals surface area contributed by atoms with Gasteiger partial charge in [0, 0.05) is 12.7 Å². The highest BCUT2D eigenvalue weighted by molar-refractivity contribution is 5.98. The van der Waals surface area contributed by atoms with Crippen molar-refractivity contribution in [2.75, 3.05) is 11.9 Å². The highest BCUT2D eigenvalue weighted by Crippen LogP contribution is 2.32. The van der Waals surface area contributed by atoms with Gasteiger partial charge in [-0.05, 0) is 24.3 Å². The molecule has 0 fully saturated rings. The number of nitrogens with zero attached hydrogens (tertiary/aromatic N) is 2. The topological polar surface area (TPSA) is 59.2 Å². The molecule has 1 heterocycles. The molecule has 0 unspecified atom stereocenters. The van der Waals surface area contributed by atoms with Crippen molar-refractivity contribution >= 4 is 17.4 Å². The number of anilines is 2. The second kappa shape index (κ2) is 5.43. The van der Waals surface area contributed by atoms with E-state index in [1.54, 1.807) is 30.3 Å². The number of benzene rings is 1. The molecular formula is C14H12F3N3O. The third-order valence-corrected chi connectivity index (χ3v) is 2.89. The molecule has 0 radical (unpaired) electrons. The van der Waals surface area contributed by atoms with Gasteiger partial charge in [0.2, 0.25) is 0 Å². The van der Waals surface area contributed by atoms with Gasteiger partial charge in [0.1, 0.15) is 11.5 Å². The van der Waals surface area contributed by atoms with Gasteiger partial charge in [-0.1, -0.05) is 18.2 Å². The maximum absolute atomic E-state index is 12.8. The SMILES string of the molecule is CN(c1ccccc1)c1nc(C(F)(F)F)ccc1C(N)=O. The molecule has 21 heavy (non-hydrogen) atoms. The van der Waals surface area contributed by atoms with E-state index in [4.69, 9.17) is 5.73 Å². The fraction of sp³-hybridized carbons (Fsp3) is 0.143. The second-order valence-electron chi connectivity index (χ2n) is 4.32. The molecule has 2 N–H and O–H groups in total. The number of aromatic nitrogens is 1. The van der Waals surface area contributed by atoms with Crippen molar-refractivity contribution < 1.29 is 18.0 Å². The van der Waals surface area contributed by atoms with E-state index >= 15 is 0 Å². The lowest BCUT2D eigenvalue weighted by Crippen LogP contribution is -2.22. The second-order valence-corrected chi connectivity index (χ2v) is 4.32. The molecule has 0 aliphatic carbocycles. The summed E-state index contributed by atoms with van der Waals surface area (Å²) in [6, 6.07) is 10.4. The first kappa shape index (κ1) is 14.8. The van der Waals surface area contributed by atoms with Crippen LogP contribution in [0.1, 0.15) is 16.1 Å². The van der Waals surface area contributed by atoms with E-state index in [-0.39, 0.29) is 11.4 Å². The van der Waals surface area contributed by atoms with Crippen LogP contribution in [0.15, 0.2) is 42.5 Å². The van der Waals surface area contributed by atoms with E-state index in [9.17, 15) is 18.0 Å². The number of pyridine rings is 1. The van der Waals surface area contributed by atoms with Crippen molar-refractivity contribution in [3.63, 3.8) is 0 Å². The summed E-state index contributed by atoms with van der Waals surface area (Å²) in [6.07, 6.45) is -4.59. The van der Waals surface area contributed by atoms with Gasteiger partial charge in [-0.2, -0.15) is 13.2 Å². The standard InChI is InChI=1S/C14H12F3N3O/c1-20(9-5-3-2-4-6-9)13-10(12(18)21)7-8-11(19-13)14(15,16)17/h2-8H,1H3,(H2,18,21). The summed E-state index contributed by atoms with van der Waals surface area (Å²) in [5.41, 5.74) is 4.64. The molecular weight excluding hydrogens is 283 g/mol. The lowest BCUT2D eigenvalue weighted by molar-refractivity contribution is -0.141. The molecule has 2 rings (SSSR count). The van der Waals surface area contributed by atoms with E-state index < -0.39 is 17.8 Å². The zero-order chi connectivity index (χ0) is 15.6. The molecule has 1 aromatic carbocycles. The molecule has 7 heteroatoms. The Bertz CT molecular complexity index is 656. The van der Waals surface area contributed by atoms with Crippen LogP contribution in [0.25, 0.3) is 0 Å². The minimum atomic E-state index is -4.59. The number of alkyl halides is 3. The molecule has 2 aromatic rings. The van der Waals surface area contributed by atoms with Crippen molar-refractivity contribution in [2.24, 2.45) is 5.73 Å². The molecule has 0 saturated carbocycles. The Morgan fingerprint density at radius 1 is 1.14 bits per heavy atom. The molecule has 0 bridgehead atoms. The van der Waals surface area contributed by atoms with Gasteiger partial charge in [0.15, 0.2) is 0 Å². The predicted molar refractivity (Wildman–Crippen MR) is 72.3 cm³/mol. The van der Waals surface area contributed by atoms with Gasteiger partial charge in [-0.25, -0.2) is 4.98 Å². The maximum Gasteiger partial charge on any atom is 0.433 e. The van der Waals surface area contributed by atoms with E-state index in [2.05, 4.69) is 4.98 Å². The Morgan fingerprint density at radius 2 is 1.76 bits per heavy atom. The van der Waals surface area contributed by atoms with Gasteiger partial charge >= 0.3 is 6.18 Å². The fourth-order valence-electron chi connectivity index (χ4n) is 1.83. The summed E-state index contributed by atoms with van der Waals surface area (Å²) in [6.45, 7) is 0. The number of carbonyl (C=O) groups excluding carboxylic acids is 1. The third kappa shape index (κ3) is 3.13. The average molecular weight is 295 g/mol. The van der Waals surface area contributed by atoms with Crippen LogP contribution < -0.4 is 10.6 Å². The zero-order valence-corrected chi connectivity index (χ0v) is 11.1. The van der Waals surface area contributed by atoms with Crippen molar-refractivity contribution in [1.82, 2.24) is 4.98 Å². The molecule has 0 saturated heterocycles. The Hall–Kier alpha value is -2.57. The Balaban J connectivity index is 2.56. The number of carbonyl (C=O) groups is 1. The molecule has 4 nitrogen and oxygen atoms in total. The van der Waals surface area contributed by atoms with Gasteiger partial charge in [0.05, 0.1) is 5.56 Å². The molecule has 110 valence electrons. The van der Waals surface area contributed by atoms with E-state index in [0.717, 1.165) is 12.1 Å². The minimum absolute atomic E-state index is 0.0747. The van der Waals surface area contributed by atoms with Gasteiger partial charge in [0.25, 0.3) is 5.91 Å². The number of amides is 1. The summed E-state index contributed by atoms with van der Waals surface area (Å²) in [5, 5.41) is 0. The van der Waals surface area contributed by atoms with Gasteiger partial charge in [-0.3, -0.25) is 4.79 Å². The zero-order valence-electron chi connectivity index (χ0n) is 11.1. The third-order valence-electron chi connectivity index (χ3n) is 2.89. The summed E-state index contributed by atoms with van der Waals surface area (Å²) >= 11 is 0. The quantitative estimate of drug-likeness (QED) is 0.947.